The van der Waals surface area contributed by atoms with Crippen molar-refractivity contribution in [2.45, 2.75) is 72.9 Å². The third kappa shape index (κ3) is 2.31. The molecule has 0 spiro atoms. The van der Waals surface area contributed by atoms with Crippen molar-refractivity contribution in [3.8, 4) is 0 Å². The molecule has 1 N–H and O–H groups in total. The summed E-state index contributed by atoms with van der Waals surface area (Å²) in [6.45, 7) is 14.4. The van der Waals surface area contributed by atoms with Gasteiger partial charge in [-0.25, -0.2) is 0 Å². The Labute approximate surface area is 135 Å². The van der Waals surface area contributed by atoms with E-state index in [-0.39, 0.29) is 40.5 Å². The number of likely N-dealkylation sites (N-methyl/N-ethyl adjacent to an activating group) is 1. The van der Waals surface area contributed by atoms with Crippen LogP contribution in [0.4, 0.5) is 0 Å². The zero-order valence-electron chi connectivity index (χ0n) is 15.0. The molecular weight excluding hydrogens is 276 g/mol. The first-order valence-electron chi connectivity index (χ1n) is 8.83. The van der Waals surface area contributed by atoms with Gasteiger partial charge in [0.2, 0.25) is 5.91 Å². The van der Waals surface area contributed by atoms with Crippen LogP contribution in [0.3, 0.4) is 0 Å². The molecule has 4 heteroatoms. The lowest BCUT2D eigenvalue weighted by atomic mass is 9.70. The summed E-state index contributed by atoms with van der Waals surface area (Å²) in [7, 11) is 0. The van der Waals surface area contributed by atoms with E-state index in [9.17, 15) is 9.59 Å². The van der Waals surface area contributed by atoms with E-state index in [1.165, 1.54) is 0 Å². The Morgan fingerprint density at radius 1 is 1.27 bits per heavy atom. The van der Waals surface area contributed by atoms with E-state index in [4.69, 9.17) is 0 Å². The minimum atomic E-state index is -0.286. The number of ketones is 1. The molecule has 2 fully saturated rings. The van der Waals surface area contributed by atoms with Crippen molar-refractivity contribution >= 4 is 11.7 Å². The van der Waals surface area contributed by atoms with Gasteiger partial charge in [0.1, 0.15) is 0 Å². The molecule has 4 atom stereocenters. The summed E-state index contributed by atoms with van der Waals surface area (Å²) in [5.41, 5.74) is -0.286. The van der Waals surface area contributed by atoms with Crippen LogP contribution in [0.15, 0.2) is 0 Å². The van der Waals surface area contributed by atoms with Gasteiger partial charge < -0.3 is 5.32 Å². The van der Waals surface area contributed by atoms with Crippen molar-refractivity contribution in [3.63, 3.8) is 0 Å². The minimum Gasteiger partial charge on any atom is -0.345 e. The van der Waals surface area contributed by atoms with Crippen molar-refractivity contribution < 1.29 is 9.59 Å². The van der Waals surface area contributed by atoms with E-state index in [0.717, 1.165) is 32.4 Å². The normalized spacial score (nSPS) is 34.2. The number of amides is 1. The Bertz CT molecular complexity index is 456. The highest BCUT2D eigenvalue weighted by molar-refractivity contribution is 5.97. The third-order valence-electron chi connectivity index (χ3n) is 6.77. The van der Waals surface area contributed by atoms with Crippen LogP contribution in [-0.2, 0) is 9.59 Å². The Morgan fingerprint density at radius 2 is 1.86 bits per heavy atom. The van der Waals surface area contributed by atoms with Crippen LogP contribution in [0.1, 0.15) is 60.8 Å². The smallest absolute Gasteiger partial charge is 0.237 e. The highest BCUT2D eigenvalue weighted by atomic mass is 16.2. The van der Waals surface area contributed by atoms with Gasteiger partial charge in [0.05, 0.1) is 12.1 Å². The molecular formula is C18H32N2O2. The van der Waals surface area contributed by atoms with Crippen molar-refractivity contribution in [3.05, 3.63) is 0 Å². The van der Waals surface area contributed by atoms with Crippen molar-refractivity contribution in [1.29, 1.82) is 0 Å². The average Bonchev–Trinajstić information content (AvgIpc) is 2.78. The highest BCUT2D eigenvalue weighted by Gasteiger charge is 2.66. The van der Waals surface area contributed by atoms with E-state index < -0.39 is 0 Å². The maximum Gasteiger partial charge on any atom is 0.237 e. The molecule has 0 radical (unpaired) electrons. The van der Waals surface area contributed by atoms with Crippen LogP contribution in [0.5, 0.6) is 0 Å². The summed E-state index contributed by atoms with van der Waals surface area (Å²) in [4.78, 5) is 27.7. The molecule has 0 heterocycles. The van der Waals surface area contributed by atoms with Gasteiger partial charge in [-0.2, -0.15) is 0 Å². The maximum atomic E-state index is 12.8. The van der Waals surface area contributed by atoms with E-state index in [0.29, 0.717) is 0 Å². The standard InChI is InChI=1S/C18H32N2O2/c1-7-13(20(8-2)9-3)16(22)19-14-12-10-11-18(6,15(14)21)17(12,4)5/h12-14H,7-11H2,1-6H3,(H,19,22). The van der Waals surface area contributed by atoms with Gasteiger partial charge in [0.25, 0.3) is 0 Å². The van der Waals surface area contributed by atoms with Crippen molar-refractivity contribution in [2.24, 2.45) is 16.7 Å². The SMILES string of the molecule is CCC(C(=O)NC1C(=O)C2(C)CCC1C2(C)C)N(CC)CC. The lowest BCUT2D eigenvalue weighted by Crippen LogP contribution is -2.53. The quantitative estimate of drug-likeness (QED) is 0.820. The molecule has 126 valence electrons. The largest absolute Gasteiger partial charge is 0.345 e. The maximum absolute atomic E-state index is 12.8. The van der Waals surface area contributed by atoms with E-state index in [1.807, 2.05) is 6.92 Å². The van der Waals surface area contributed by atoms with Gasteiger partial charge in [0, 0.05) is 5.41 Å². The zero-order chi connectivity index (χ0) is 16.7. The lowest BCUT2D eigenvalue weighted by molar-refractivity contribution is -0.135. The second-order valence-corrected chi connectivity index (χ2v) is 7.69. The Kier molecular flexibility index (Phi) is 4.72. The molecule has 0 aromatic rings. The molecule has 22 heavy (non-hydrogen) atoms. The second-order valence-electron chi connectivity index (χ2n) is 7.69. The molecule has 2 rings (SSSR count). The van der Waals surface area contributed by atoms with Crippen molar-refractivity contribution in [1.82, 2.24) is 10.2 Å². The number of nitrogens with one attached hydrogen (secondary N) is 1. The van der Waals surface area contributed by atoms with Crippen LogP contribution >= 0.6 is 0 Å². The Hall–Kier alpha value is -0.900. The number of Topliss-reactive ketones (excluding diaryl/α,β-unsaturated/α-hetero) is 1. The van der Waals surface area contributed by atoms with E-state index >= 15 is 0 Å². The van der Waals surface area contributed by atoms with Crippen LogP contribution < -0.4 is 5.32 Å². The van der Waals surface area contributed by atoms with Gasteiger partial charge in [-0.05, 0) is 43.7 Å². The first kappa shape index (κ1) is 17.5. The summed E-state index contributed by atoms with van der Waals surface area (Å²) in [5.74, 6) is 0.552. The molecule has 4 nitrogen and oxygen atoms in total. The predicted molar refractivity (Wildman–Crippen MR) is 88.5 cm³/mol. The molecule has 0 aliphatic heterocycles. The second kappa shape index (κ2) is 5.95. The fraction of sp³-hybridized carbons (Fsp3) is 0.889. The molecule has 2 bridgehead atoms. The first-order chi connectivity index (χ1) is 10.2. The summed E-state index contributed by atoms with van der Waals surface area (Å²) in [6.07, 6.45) is 2.78. The van der Waals surface area contributed by atoms with Gasteiger partial charge in [-0.3, -0.25) is 14.5 Å². The number of hydrogen-bond donors (Lipinski definition) is 1. The average molecular weight is 308 g/mol. The third-order valence-corrected chi connectivity index (χ3v) is 6.77. The summed E-state index contributed by atoms with van der Waals surface area (Å²) in [5, 5.41) is 3.11. The highest BCUT2D eigenvalue weighted by Crippen LogP contribution is 2.63. The summed E-state index contributed by atoms with van der Waals surface area (Å²) < 4.78 is 0. The number of hydrogen-bond acceptors (Lipinski definition) is 3. The van der Waals surface area contributed by atoms with Crippen LogP contribution in [0.25, 0.3) is 0 Å². The van der Waals surface area contributed by atoms with Crippen molar-refractivity contribution in [2.75, 3.05) is 13.1 Å². The van der Waals surface area contributed by atoms with Gasteiger partial charge >= 0.3 is 0 Å². The van der Waals surface area contributed by atoms with Gasteiger partial charge in [0.15, 0.2) is 5.78 Å². The van der Waals surface area contributed by atoms with Crippen LogP contribution in [0, 0.1) is 16.7 Å². The molecule has 2 aliphatic carbocycles. The Morgan fingerprint density at radius 3 is 2.27 bits per heavy atom. The first-order valence-corrected chi connectivity index (χ1v) is 8.83. The van der Waals surface area contributed by atoms with Crippen LogP contribution in [-0.4, -0.2) is 41.8 Å². The topological polar surface area (TPSA) is 49.4 Å². The van der Waals surface area contributed by atoms with Crippen LogP contribution in [0.2, 0.25) is 0 Å². The van der Waals surface area contributed by atoms with E-state index in [1.54, 1.807) is 0 Å². The fourth-order valence-corrected chi connectivity index (χ4v) is 4.78. The van der Waals surface area contributed by atoms with Gasteiger partial charge in [-0.15, -0.1) is 0 Å². The monoisotopic (exact) mass is 308 g/mol. The number of fused-ring (bicyclic) bond motifs is 2. The number of carbonyl (C=O) groups is 2. The molecule has 2 saturated carbocycles. The molecule has 0 saturated heterocycles. The molecule has 2 aliphatic rings. The summed E-state index contributed by atoms with van der Waals surface area (Å²) in [6, 6.07) is -0.413. The Balaban J connectivity index is 2.15. The molecule has 4 unspecified atom stereocenters. The van der Waals surface area contributed by atoms with E-state index in [2.05, 4.69) is 44.8 Å². The van der Waals surface area contributed by atoms with Gasteiger partial charge in [-0.1, -0.05) is 41.5 Å². The number of carbonyl (C=O) groups excluding carboxylic acids is 2. The summed E-state index contributed by atoms with van der Waals surface area (Å²) >= 11 is 0. The molecule has 0 aromatic heterocycles. The zero-order valence-corrected chi connectivity index (χ0v) is 15.0. The lowest BCUT2D eigenvalue weighted by Gasteiger charge is -2.32. The fourth-order valence-electron chi connectivity index (χ4n) is 4.78. The predicted octanol–water partition coefficient (Wildman–Crippen LogP) is 2.62. The minimum absolute atomic E-state index is 0.0149. The number of nitrogens with zero attached hydrogens (tertiary/aromatic N) is 1. The molecule has 0 aromatic carbocycles. The molecule has 1 amide bonds. The number of rotatable bonds is 6.